The van der Waals surface area contributed by atoms with E-state index in [1.54, 1.807) is 0 Å². The van der Waals surface area contributed by atoms with Gasteiger partial charge in [0, 0.05) is 18.1 Å². The van der Waals surface area contributed by atoms with Crippen molar-refractivity contribution in [2.75, 3.05) is 0 Å². The summed E-state index contributed by atoms with van der Waals surface area (Å²) in [5, 5.41) is 0.226. The minimum Gasteiger partial charge on any atom is -0.300 e. The highest BCUT2D eigenvalue weighted by atomic mass is 32.1. The van der Waals surface area contributed by atoms with Crippen LogP contribution in [0.15, 0.2) is 0 Å². The Morgan fingerprint density at radius 2 is 2.22 bits per heavy atom. The zero-order chi connectivity index (χ0) is 7.28. The van der Waals surface area contributed by atoms with Crippen molar-refractivity contribution in [1.82, 2.24) is 0 Å². The molecule has 0 aliphatic carbocycles. The molecular formula is C7H14OS. The molecular weight excluding hydrogens is 132 g/mol. The Morgan fingerprint density at radius 3 is 2.56 bits per heavy atom. The Labute approximate surface area is 62.2 Å². The Kier molecular flexibility index (Phi) is 4.87. The maximum Gasteiger partial charge on any atom is 0.133 e. The lowest BCUT2D eigenvalue weighted by atomic mass is 10.1. The fraction of sp³-hybridized carbons (Fsp3) is 0.857. The Balaban J connectivity index is 3.27. The normalized spacial score (nSPS) is 13.2. The van der Waals surface area contributed by atoms with E-state index in [9.17, 15) is 4.79 Å². The first kappa shape index (κ1) is 9.02. The predicted octanol–water partition coefficient (Wildman–Crippen LogP) is 2.06. The molecule has 9 heavy (non-hydrogen) atoms. The molecule has 0 bridgehead atoms. The zero-order valence-electron chi connectivity index (χ0n) is 6.05. The van der Waals surface area contributed by atoms with Crippen molar-refractivity contribution in [3.05, 3.63) is 0 Å². The van der Waals surface area contributed by atoms with E-state index < -0.39 is 0 Å². The second-order valence-electron chi connectivity index (χ2n) is 2.34. The van der Waals surface area contributed by atoms with E-state index in [4.69, 9.17) is 0 Å². The van der Waals surface area contributed by atoms with E-state index in [1.807, 2.05) is 13.8 Å². The fourth-order valence-corrected chi connectivity index (χ4v) is 0.914. The maximum atomic E-state index is 10.8. The average molecular weight is 146 g/mol. The first-order chi connectivity index (χ1) is 4.16. The van der Waals surface area contributed by atoms with Crippen LogP contribution in [0.2, 0.25) is 0 Å². The number of hydrogen-bond donors (Lipinski definition) is 1. The van der Waals surface area contributed by atoms with Crippen LogP contribution in [-0.2, 0) is 4.79 Å². The quantitative estimate of drug-likeness (QED) is 0.601. The van der Waals surface area contributed by atoms with Gasteiger partial charge in [0.1, 0.15) is 5.78 Å². The number of thiol groups is 1. The lowest BCUT2D eigenvalue weighted by Crippen LogP contribution is -2.03. The number of rotatable bonds is 4. The third-order valence-electron chi connectivity index (χ3n) is 1.05. The molecule has 0 radical (unpaired) electrons. The van der Waals surface area contributed by atoms with Gasteiger partial charge in [-0.25, -0.2) is 0 Å². The van der Waals surface area contributed by atoms with Crippen LogP contribution in [0.1, 0.15) is 33.1 Å². The summed E-state index contributed by atoms with van der Waals surface area (Å²) in [5.74, 6) is 0.333. The molecule has 0 N–H and O–H groups in total. The SMILES string of the molecule is CCCC(=O)CC(C)S. The molecule has 0 aromatic carbocycles. The molecule has 0 aromatic rings. The number of ketones is 1. The largest absolute Gasteiger partial charge is 0.300 e. The smallest absolute Gasteiger partial charge is 0.133 e. The summed E-state index contributed by atoms with van der Waals surface area (Å²) in [4.78, 5) is 10.8. The van der Waals surface area contributed by atoms with E-state index in [1.165, 1.54) is 0 Å². The predicted molar refractivity (Wildman–Crippen MR) is 43.0 cm³/mol. The van der Waals surface area contributed by atoms with Gasteiger partial charge in [-0.3, -0.25) is 4.79 Å². The first-order valence-electron chi connectivity index (χ1n) is 3.36. The molecule has 0 rings (SSSR count). The molecule has 1 unspecified atom stereocenters. The first-order valence-corrected chi connectivity index (χ1v) is 3.88. The van der Waals surface area contributed by atoms with Crippen molar-refractivity contribution in [3.63, 3.8) is 0 Å². The van der Waals surface area contributed by atoms with Crippen LogP contribution in [0, 0.1) is 0 Å². The minimum atomic E-state index is 0.226. The molecule has 0 aliphatic rings. The molecule has 1 nitrogen and oxygen atoms in total. The van der Waals surface area contributed by atoms with Crippen LogP contribution in [0.4, 0.5) is 0 Å². The van der Waals surface area contributed by atoms with Crippen molar-refractivity contribution in [1.29, 1.82) is 0 Å². The van der Waals surface area contributed by atoms with Gasteiger partial charge in [-0.15, -0.1) is 0 Å². The molecule has 0 spiro atoms. The van der Waals surface area contributed by atoms with Gasteiger partial charge in [-0.2, -0.15) is 12.6 Å². The van der Waals surface area contributed by atoms with Crippen molar-refractivity contribution >= 4 is 18.4 Å². The standard InChI is InChI=1S/C7H14OS/c1-3-4-7(8)5-6(2)9/h6,9H,3-5H2,1-2H3. The zero-order valence-corrected chi connectivity index (χ0v) is 6.95. The van der Waals surface area contributed by atoms with Crippen molar-refractivity contribution in [2.45, 2.75) is 38.4 Å². The van der Waals surface area contributed by atoms with Crippen LogP contribution in [-0.4, -0.2) is 11.0 Å². The molecule has 0 amide bonds. The van der Waals surface area contributed by atoms with Crippen LogP contribution in [0.3, 0.4) is 0 Å². The fourth-order valence-electron chi connectivity index (χ4n) is 0.710. The maximum absolute atomic E-state index is 10.8. The molecule has 0 heterocycles. The highest BCUT2D eigenvalue weighted by Crippen LogP contribution is 2.03. The Bertz CT molecular complexity index is 88.9. The van der Waals surface area contributed by atoms with E-state index >= 15 is 0 Å². The molecule has 54 valence electrons. The summed E-state index contributed by atoms with van der Waals surface area (Å²) in [5.41, 5.74) is 0. The molecule has 2 heteroatoms. The van der Waals surface area contributed by atoms with Gasteiger partial charge in [-0.1, -0.05) is 13.8 Å². The number of Topliss-reactive ketones (excluding diaryl/α,β-unsaturated/α-hetero) is 1. The third kappa shape index (κ3) is 5.90. The molecule has 0 aromatic heterocycles. The van der Waals surface area contributed by atoms with Gasteiger partial charge in [-0.05, 0) is 6.42 Å². The summed E-state index contributed by atoms with van der Waals surface area (Å²) in [6.45, 7) is 3.96. The van der Waals surface area contributed by atoms with Crippen LogP contribution >= 0.6 is 12.6 Å². The Morgan fingerprint density at radius 1 is 1.67 bits per heavy atom. The Hall–Kier alpha value is 0.0200. The van der Waals surface area contributed by atoms with Crippen LogP contribution < -0.4 is 0 Å². The van der Waals surface area contributed by atoms with Gasteiger partial charge in [0.05, 0.1) is 0 Å². The topological polar surface area (TPSA) is 17.1 Å². The van der Waals surface area contributed by atoms with Crippen LogP contribution in [0.25, 0.3) is 0 Å². The molecule has 0 saturated heterocycles. The number of hydrogen-bond acceptors (Lipinski definition) is 2. The van der Waals surface area contributed by atoms with E-state index in [2.05, 4.69) is 12.6 Å². The number of carbonyl (C=O) groups is 1. The summed E-state index contributed by atoms with van der Waals surface area (Å²) in [6.07, 6.45) is 2.29. The second-order valence-corrected chi connectivity index (χ2v) is 3.22. The summed E-state index contributed by atoms with van der Waals surface area (Å²) in [6, 6.07) is 0. The van der Waals surface area contributed by atoms with E-state index in [0.29, 0.717) is 18.6 Å². The second kappa shape index (κ2) is 4.86. The van der Waals surface area contributed by atoms with Gasteiger partial charge in [0.15, 0.2) is 0 Å². The summed E-state index contributed by atoms with van der Waals surface area (Å²) < 4.78 is 0. The van der Waals surface area contributed by atoms with Crippen molar-refractivity contribution in [3.8, 4) is 0 Å². The summed E-state index contributed by atoms with van der Waals surface area (Å²) >= 11 is 4.11. The molecule has 0 fully saturated rings. The highest BCUT2D eigenvalue weighted by molar-refractivity contribution is 7.80. The van der Waals surface area contributed by atoms with E-state index in [-0.39, 0.29) is 5.25 Å². The van der Waals surface area contributed by atoms with Gasteiger partial charge in [0.2, 0.25) is 0 Å². The average Bonchev–Trinajstić information content (AvgIpc) is 1.63. The molecule has 1 atom stereocenters. The lowest BCUT2D eigenvalue weighted by molar-refractivity contribution is -0.119. The van der Waals surface area contributed by atoms with E-state index in [0.717, 1.165) is 6.42 Å². The van der Waals surface area contributed by atoms with Gasteiger partial charge < -0.3 is 0 Å². The van der Waals surface area contributed by atoms with Crippen LogP contribution in [0.5, 0.6) is 0 Å². The molecule has 0 aliphatic heterocycles. The number of carbonyl (C=O) groups excluding carboxylic acids is 1. The molecule has 0 saturated carbocycles. The van der Waals surface area contributed by atoms with Crippen molar-refractivity contribution < 1.29 is 4.79 Å². The minimum absolute atomic E-state index is 0.226. The third-order valence-corrected chi connectivity index (χ3v) is 1.23. The summed E-state index contributed by atoms with van der Waals surface area (Å²) in [7, 11) is 0. The monoisotopic (exact) mass is 146 g/mol. The van der Waals surface area contributed by atoms with Crippen molar-refractivity contribution in [2.24, 2.45) is 0 Å². The highest BCUT2D eigenvalue weighted by Gasteiger charge is 2.02. The lowest BCUT2D eigenvalue weighted by Gasteiger charge is -1.99. The van der Waals surface area contributed by atoms with Gasteiger partial charge in [0.25, 0.3) is 0 Å². The van der Waals surface area contributed by atoms with Gasteiger partial charge >= 0.3 is 0 Å².